The number of hydrogen-bond donors (Lipinski definition) is 1. The van der Waals surface area contributed by atoms with Gasteiger partial charge in [-0.1, -0.05) is 11.6 Å². The van der Waals surface area contributed by atoms with Crippen LogP contribution in [0.25, 0.3) is 0 Å². The van der Waals surface area contributed by atoms with Crippen LogP contribution < -0.4 is 5.32 Å². The minimum atomic E-state index is -0.355. The van der Waals surface area contributed by atoms with Gasteiger partial charge in [0.05, 0.1) is 10.7 Å². The predicted octanol–water partition coefficient (Wildman–Crippen LogP) is 5.99. The standard InChI is InChI=1S/C12H9Br2ClFNS/c1-6-9(13)4-8(18-6)5-17-12-10(14)2-7(16)3-11(12)15/h2-4,17H,5H2,1H3. The van der Waals surface area contributed by atoms with E-state index in [9.17, 15) is 4.39 Å². The minimum absolute atomic E-state index is 0.355. The fraction of sp³-hybridized carbons (Fsp3) is 0.167. The Balaban J connectivity index is 2.15. The Kier molecular flexibility index (Phi) is 4.69. The first-order valence-electron chi connectivity index (χ1n) is 5.10. The summed E-state index contributed by atoms with van der Waals surface area (Å²) in [6.45, 7) is 2.71. The summed E-state index contributed by atoms with van der Waals surface area (Å²) in [6.07, 6.45) is 0. The van der Waals surface area contributed by atoms with Gasteiger partial charge in [0.1, 0.15) is 5.82 Å². The molecule has 0 aliphatic rings. The SMILES string of the molecule is Cc1sc(CNc2c(Cl)cc(F)cc2Br)cc1Br. The van der Waals surface area contributed by atoms with Crippen molar-refractivity contribution in [2.24, 2.45) is 0 Å². The van der Waals surface area contributed by atoms with E-state index in [0.717, 1.165) is 4.47 Å². The van der Waals surface area contributed by atoms with Crippen molar-refractivity contribution < 1.29 is 4.39 Å². The molecule has 0 radical (unpaired) electrons. The Morgan fingerprint density at radius 2 is 2.00 bits per heavy atom. The van der Waals surface area contributed by atoms with E-state index in [4.69, 9.17) is 11.6 Å². The summed E-state index contributed by atoms with van der Waals surface area (Å²) in [5.41, 5.74) is 0.709. The molecule has 0 atom stereocenters. The molecular weight excluding hydrogens is 404 g/mol. The molecule has 1 aromatic carbocycles. The van der Waals surface area contributed by atoms with Crippen LogP contribution in [0.1, 0.15) is 9.75 Å². The van der Waals surface area contributed by atoms with Gasteiger partial charge in [0.25, 0.3) is 0 Å². The van der Waals surface area contributed by atoms with E-state index in [1.54, 1.807) is 11.3 Å². The summed E-state index contributed by atoms with van der Waals surface area (Å²) < 4.78 is 14.8. The fourth-order valence-corrected chi connectivity index (χ4v) is 3.99. The summed E-state index contributed by atoms with van der Waals surface area (Å²) in [5.74, 6) is -0.355. The quantitative estimate of drug-likeness (QED) is 0.652. The third-order valence-corrected chi connectivity index (χ3v) is 5.41. The average Bonchev–Trinajstić information content (AvgIpc) is 2.56. The molecule has 2 rings (SSSR count). The molecular formula is C12H9Br2ClFNS. The van der Waals surface area contributed by atoms with E-state index in [2.05, 4.69) is 50.2 Å². The van der Waals surface area contributed by atoms with E-state index < -0.39 is 0 Å². The molecule has 0 aliphatic carbocycles. The highest BCUT2D eigenvalue weighted by atomic mass is 79.9. The molecule has 2 aromatic rings. The van der Waals surface area contributed by atoms with E-state index >= 15 is 0 Å². The average molecular weight is 414 g/mol. The smallest absolute Gasteiger partial charge is 0.125 e. The van der Waals surface area contributed by atoms with E-state index in [-0.39, 0.29) is 5.82 Å². The highest BCUT2D eigenvalue weighted by molar-refractivity contribution is 9.11. The van der Waals surface area contributed by atoms with Crippen LogP contribution >= 0.6 is 54.8 Å². The zero-order chi connectivity index (χ0) is 13.3. The summed E-state index contributed by atoms with van der Waals surface area (Å²) >= 11 is 14.5. The van der Waals surface area contributed by atoms with Crippen molar-refractivity contribution in [2.45, 2.75) is 13.5 Å². The molecule has 0 bridgehead atoms. The zero-order valence-corrected chi connectivity index (χ0v) is 14.1. The monoisotopic (exact) mass is 411 g/mol. The second kappa shape index (κ2) is 5.90. The van der Waals surface area contributed by atoms with E-state index in [1.165, 1.54) is 21.9 Å². The Bertz CT molecular complexity index is 543. The van der Waals surface area contributed by atoms with Crippen molar-refractivity contribution in [3.05, 3.63) is 47.7 Å². The Hall–Kier alpha value is -0.100. The molecule has 1 aromatic heterocycles. The highest BCUT2D eigenvalue weighted by Gasteiger charge is 2.09. The number of aryl methyl sites for hydroxylation is 1. The number of rotatable bonds is 3. The lowest BCUT2D eigenvalue weighted by Gasteiger charge is -2.09. The van der Waals surface area contributed by atoms with Crippen molar-refractivity contribution in [3.63, 3.8) is 0 Å². The second-order valence-electron chi connectivity index (χ2n) is 3.71. The largest absolute Gasteiger partial charge is 0.378 e. The van der Waals surface area contributed by atoms with Gasteiger partial charge in [0, 0.05) is 25.2 Å². The zero-order valence-electron chi connectivity index (χ0n) is 9.36. The first-order valence-corrected chi connectivity index (χ1v) is 7.88. The molecule has 96 valence electrons. The van der Waals surface area contributed by atoms with Crippen molar-refractivity contribution >= 4 is 60.5 Å². The Morgan fingerprint density at radius 3 is 2.56 bits per heavy atom. The number of hydrogen-bond acceptors (Lipinski definition) is 2. The Morgan fingerprint density at radius 1 is 1.28 bits per heavy atom. The predicted molar refractivity (Wildman–Crippen MR) is 83.2 cm³/mol. The van der Waals surface area contributed by atoms with Gasteiger partial charge in [-0.3, -0.25) is 0 Å². The molecule has 6 heteroatoms. The first kappa shape index (κ1) is 14.3. The maximum absolute atomic E-state index is 13.1. The Labute approximate surface area is 131 Å². The lowest BCUT2D eigenvalue weighted by atomic mass is 10.3. The van der Waals surface area contributed by atoms with Gasteiger partial charge in [0.15, 0.2) is 0 Å². The van der Waals surface area contributed by atoms with Crippen molar-refractivity contribution in [2.75, 3.05) is 5.32 Å². The number of nitrogens with one attached hydrogen (secondary N) is 1. The first-order chi connectivity index (χ1) is 8.47. The normalized spacial score (nSPS) is 10.7. The molecule has 0 saturated heterocycles. The number of anilines is 1. The molecule has 1 nitrogen and oxygen atoms in total. The fourth-order valence-electron chi connectivity index (χ4n) is 1.49. The van der Waals surface area contributed by atoms with Gasteiger partial charge >= 0.3 is 0 Å². The summed E-state index contributed by atoms with van der Waals surface area (Å²) in [4.78, 5) is 2.42. The highest BCUT2D eigenvalue weighted by Crippen LogP contribution is 2.33. The molecule has 0 saturated carbocycles. The van der Waals surface area contributed by atoms with Gasteiger partial charge in [-0.15, -0.1) is 11.3 Å². The molecule has 0 spiro atoms. The van der Waals surface area contributed by atoms with Crippen LogP contribution in [0.3, 0.4) is 0 Å². The third kappa shape index (κ3) is 3.26. The van der Waals surface area contributed by atoms with Crippen LogP contribution in [0.4, 0.5) is 10.1 Å². The summed E-state index contributed by atoms with van der Waals surface area (Å²) in [6, 6.07) is 4.76. The van der Waals surface area contributed by atoms with Crippen LogP contribution in [0, 0.1) is 12.7 Å². The van der Waals surface area contributed by atoms with Crippen LogP contribution in [-0.2, 0) is 6.54 Å². The summed E-state index contributed by atoms with van der Waals surface area (Å²) in [7, 11) is 0. The molecule has 18 heavy (non-hydrogen) atoms. The van der Waals surface area contributed by atoms with Crippen LogP contribution in [0.5, 0.6) is 0 Å². The maximum atomic E-state index is 13.1. The number of thiophene rings is 1. The van der Waals surface area contributed by atoms with Crippen molar-refractivity contribution in [1.82, 2.24) is 0 Å². The molecule has 0 unspecified atom stereocenters. The number of halogens is 4. The van der Waals surface area contributed by atoms with E-state index in [0.29, 0.717) is 21.7 Å². The van der Waals surface area contributed by atoms with Crippen LogP contribution in [0.2, 0.25) is 5.02 Å². The molecule has 1 heterocycles. The van der Waals surface area contributed by atoms with Crippen LogP contribution in [-0.4, -0.2) is 0 Å². The second-order valence-corrected chi connectivity index (χ2v) is 7.17. The van der Waals surface area contributed by atoms with Gasteiger partial charge in [-0.05, 0) is 57.0 Å². The summed E-state index contributed by atoms with van der Waals surface area (Å²) in [5, 5.41) is 3.58. The lowest BCUT2D eigenvalue weighted by molar-refractivity contribution is 0.627. The van der Waals surface area contributed by atoms with Gasteiger partial charge in [0.2, 0.25) is 0 Å². The lowest BCUT2D eigenvalue weighted by Crippen LogP contribution is -1.99. The van der Waals surface area contributed by atoms with Crippen molar-refractivity contribution in [1.29, 1.82) is 0 Å². The molecule has 0 fully saturated rings. The van der Waals surface area contributed by atoms with Gasteiger partial charge < -0.3 is 5.32 Å². The van der Waals surface area contributed by atoms with Crippen LogP contribution in [0.15, 0.2) is 27.1 Å². The van der Waals surface area contributed by atoms with E-state index in [1.807, 2.05) is 0 Å². The topological polar surface area (TPSA) is 12.0 Å². The minimum Gasteiger partial charge on any atom is -0.378 e. The van der Waals surface area contributed by atoms with Gasteiger partial charge in [-0.2, -0.15) is 0 Å². The molecule has 0 amide bonds. The maximum Gasteiger partial charge on any atom is 0.125 e. The van der Waals surface area contributed by atoms with Gasteiger partial charge in [-0.25, -0.2) is 4.39 Å². The number of benzene rings is 1. The molecule has 1 N–H and O–H groups in total. The van der Waals surface area contributed by atoms with Crippen molar-refractivity contribution in [3.8, 4) is 0 Å². The molecule has 0 aliphatic heterocycles. The third-order valence-electron chi connectivity index (χ3n) is 2.35.